The molecule has 0 spiro atoms. The van der Waals surface area contributed by atoms with Gasteiger partial charge in [0.2, 0.25) is 5.89 Å². The average Bonchev–Trinajstić information content (AvgIpc) is 3.27. The van der Waals surface area contributed by atoms with Crippen LogP contribution in [0.2, 0.25) is 0 Å². The van der Waals surface area contributed by atoms with E-state index in [1.807, 2.05) is 60.9 Å². The van der Waals surface area contributed by atoms with Crippen LogP contribution in [0.3, 0.4) is 0 Å². The molecule has 1 amide bonds. The van der Waals surface area contributed by atoms with Crippen LogP contribution in [0.5, 0.6) is 0 Å². The van der Waals surface area contributed by atoms with Gasteiger partial charge in [-0.25, -0.2) is 4.98 Å². The molecule has 4 rings (SSSR count). The fourth-order valence-corrected chi connectivity index (χ4v) is 4.01. The Kier molecular flexibility index (Phi) is 7.06. The van der Waals surface area contributed by atoms with Crippen LogP contribution in [0, 0.1) is 0 Å². The van der Waals surface area contributed by atoms with Crippen LogP contribution in [0.15, 0.2) is 63.9 Å². The number of piperazine rings is 1. The number of amides is 1. The minimum atomic E-state index is -0.205. The summed E-state index contributed by atoms with van der Waals surface area (Å²) in [7, 11) is 2.14. The molecule has 0 bridgehead atoms. The Morgan fingerprint density at radius 3 is 2.42 bits per heavy atom. The predicted octanol–water partition coefficient (Wildman–Crippen LogP) is 3.71. The van der Waals surface area contributed by atoms with Crippen LogP contribution < -0.4 is 5.32 Å². The van der Waals surface area contributed by atoms with E-state index in [4.69, 9.17) is 4.42 Å². The maximum atomic E-state index is 13.0. The predicted molar refractivity (Wildman–Crippen MR) is 125 cm³/mol. The summed E-state index contributed by atoms with van der Waals surface area (Å²) in [5.41, 5.74) is 2.02. The lowest BCUT2D eigenvalue weighted by molar-refractivity contribution is 0.0937. The van der Waals surface area contributed by atoms with Gasteiger partial charge in [-0.15, -0.1) is 11.8 Å². The summed E-state index contributed by atoms with van der Waals surface area (Å²) >= 11 is 1.68. The number of thioether (sulfide) groups is 1. The summed E-state index contributed by atoms with van der Waals surface area (Å²) < 4.78 is 6.09. The monoisotopic (exact) mass is 436 g/mol. The number of hydrogen-bond donors (Lipinski definition) is 1. The first-order valence-corrected chi connectivity index (χ1v) is 11.8. The summed E-state index contributed by atoms with van der Waals surface area (Å²) in [6, 6.07) is 17.7. The Bertz CT molecular complexity index is 996. The molecule has 1 aliphatic rings. The van der Waals surface area contributed by atoms with Crippen molar-refractivity contribution in [3.8, 4) is 22.8 Å². The van der Waals surface area contributed by atoms with Gasteiger partial charge in [0.05, 0.1) is 0 Å². The topological polar surface area (TPSA) is 61.6 Å². The van der Waals surface area contributed by atoms with Crippen molar-refractivity contribution in [1.82, 2.24) is 20.1 Å². The highest BCUT2D eigenvalue weighted by molar-refractivity contribution is 7.98. The standard InChI is InChI=1S/C24H28N4O2S/c1-27-14-16-28(17-15-27)13-12-25-23(29)21-22(18-6-4-3-5-7-18)30-24(26-21)19-8-10-20(31-2)11-9-19/h3-11H,12-17H2,1-2H3,(H,25,29). The normalized spacial score (nSPS) is 15.2. The second-order valence-corrected chi connectivity index (χ2v) is 8.57. The van der Waals surface area contributed by atoms with E-state index in [0.717, 1.165) is 43.9 Å². The molecule has 1 fully saturated rings. The first kappa shape index (κ1) is 21.6. The highest BCUT2D eigenvalue weighted by Gasteiger charge is 2.22. The van der Waals surface area contributed by atoms with Gasteiger partial charge in [0, 0.05) is 55.3 Å². The molecule has 31 heavy (non-hydrogen) atoms. The zero-order valence-corrected chi connectivity index (χ0v) is 18.8. The number of benzene rings is 2. The zero-order valence-electron chi connectivity index (χ0n) is 18.0. The van der Waals surface area contributed by atoms with Gasteiger partial charge in [-0.2, -0.15) is 0 Å². The third kappa shape index (κ3) is 5.36. The second-order valence-electron chi connectivity index (χ2n) is 7.69. The van der Waals surface area contributed by atoms with Crippen molar-refractivity contribution >= 4 is 17.7 Å². The molecule has 2 aromatic carbocycles. The molecule has 0 aliphatic carbocycles. The molecule has 0 unspecified atom stereocenters. The number of nitrogens with one attached hydrogen (secondary N) is 1. The smallest absolute Gasteiger partial charge is 0.273 e. The van der Waals surface area contributed by atoms with Crippen LogP contribution in [0.4, 0.5) is 0 Å². The molecule has 1 N–H and O–H groups in total. The quantitative estimate of drug-likeness (QED) is 0.570. The lowest BCUT2D eigenvalue weighted by atomic mass is 10.1. The van der Waals surface area contributed by atoms with Gasteiger partial charge >= 0.3 is 0 Å². The molecular formula is C24H28N4O2S. The van der Waals surface area contributed by atoms with E-state index < -0.39 is 0 Å². The highest BCUT2D eigenvalue weighted by Crippen LogP contribution is 2.30. The van der Waals surface area contributed by atoms with E-state index in [2.05, 4.69) is 27.1 Å². The number of oxazole rings is 1. The number of nitrogens with zero attached hydrogens (tertiary/aromatic N) is 3. The van der Waals surface area contributed by atoms with E-state index in [0.29, 0.717) is 23.9 Å². The van der Waals surface area contributed by atoms with Crippen LogP contribution in [0.25, 0.3) is 22.8 Å². The van der Waals surface area contributed by atoms with Crippen molar-refractivity contribution in [3.05, 3.63) is 60.3 Å². The van der Waals surface area contributed by atoms with Gasteiger partial charge in [0.15, 0.2) is 11.5 Å². The molecule has 162 valence electrons. The Hall–Kier alpha value is -2.61. The number of rotatable bonds is 7. The third-order valence-corrected chi connectivity index (χ3v) is 6.27. The molecule has 1 aromatic heterocycles. The summed E-state index contributed by atoms with van der Waals surface area (Å²) in [6.45, 7) is 5.61. The molecule has 0 atom stereocenters. The zero-order chi connectivity index (χ0) is 21.6. The van der Waals surface area contributed by atoms with Crippen LogP contribution in [-0.4, -0.2) is 73.3 Å². The molecular weight excluding hydrogens is 408 g/mol. The minimum absolute atomic E-state index is 0.205. The first-order chi connectivity index (χ1) is 15.1. The molecule has 2 heterocycles. The Labute approximate surface area is 187 Å². The first-order valence-electron chi connectivity index (χ1n) is 10.5. The van der Waals surface area contributed by atoms with Crippen molar-refractivity contribution in [1.29, 1.82) is 0 Å². The van der Waals surface area contributed by atoms with Crippen molar-refractivity contribution in [2.24, 2.45) is 0 Å². The lowest BCUT2D eigenvalue weighted by Gasteiger charge is -2.32. The maximum Gasteiger partial charge on any atom is 0.273 e. The van der Waals surface area contributed by atoms with Gasteiger partial charge < -0.3 is 14.6 Å². The van der Waals surface area contributed by atoms with Crippen molar-refractivity contribution in [2.45, 2.75) is 4.90 Å². The molecule has 3 aromatic rings. The SMILES string of the molecule is CSc1ccc(-c2nc(C(=O)NCCN3CCN(C)CC3)c(-c3ccccc3)o2)cc1. The molecule has 1 saturated heterocycles. The molecule has 0 radical (unpaired) electrons. The second kappa shape index (κ2) is 10.1. The van der Waals surface area contributed by atoms with Crippen molar-refractivity contribution in [2.75, 3.05) is 52.6 Å². The molecule has 6 nitrogen and oxygen atoms in total. The summed E-state index contributed by atoms with van der Waals surface area (Å²) in [5.74, 6) is 0.751. The van der Waals surface area contributed by atoms with E-state index in [-0.39, 0.29) is 5.91 Å². The van der Waals surface area contributed by atoms with Gasteiger partial charge in [0.25, 0.3) is 5.91 Å². The van der Waals surface area contributed by atoms with Crippen molar-refractivity contribution < 1.29 is 9.21 Å². The van der Waals surface area contributed by atoms with Crippen molar-refractivity contribution in [3.63, 3.8) is 0 Å². The summed E-state index contributed by atoms with van der Waals surface area (Å²) in [4.78, 5) is 23.5. The fourth-order valence-electron chi connectivity index (χ4n) is 3.60. The Morgan fingerprint density at radius 2 is 1.74 bits per heavy atom. The number of aromatic nitrogens is 1. The lowest BCUT2D eigenvalue weighted by Crippen LogP contribution is -2.46. The van der Waals surface area contributed by atoms with Gasteiger partial charge in [0.1, 0.15) is 0 Å². The van der Waals surface area contributed by atoms with E-state index in [1.165, 1.54) is 4.90 Å². The van der Waals surface area contributed by atoms with Crippen LogP contribution in [-0.2, 0) is 0 Å². The minimum Gasteiger partial charge on any atom is -0.435 e. The Balaban J connectivity index is 1.52. The number of carbonyl (C=O) groups excluding carboxylic acids is 1. The maximum absolute atomic E-state index is 13.0. The third-order valence-electron chi connectivity index (χ3n) is 5.52. The number of likely N-dealkylation sites (N-methyl/N-ethyl adjacent to an activating group) is 1. The van der Waals surface area contributed by atoms with Gasteiger partial charge in [-0.1, -0.05) is 30.3 Å². The average molecular weight is 437 g/mol. The molecule has 1 aliphatic heterocycles. The van der Waals surface area contributed by atoms with Gasteiger partial charge in [-0.05, 0) is 37.6 Å². The van der Waals surface area contributed by atoms with E-state index in [9.17, 15) is 4.79 Å². The fraction of sp³-hybridized carbons (Fsp3) is 0.333. The van der Waals surface area contributed by atoms with Crippen LogP contribution >= 0.6 is 11.8 Å². The van der Waals surface area contributed by atoms with Crippen LogP contribution in [0.1, 0.15) is 10.5 Å². The summed E-state index contributed by atoms with van der Waals surface area (Å²) in [5, 5.41) is 3.03. The molecule has 7 heteroatoms. The highest BCUT2D eigenvalue weighted by atomic mass is 32.2. The number of carbonyl (C=O) groups is 1. The van der Waals surface area contributed by atoms with Gasteiger partial charge in [-0.3, -0.25) is 9.69 Å². The largest absolute Gasteiger partial charge is 0.435 e. The molecule has 0 saturated carbocycles. The summed E-state index contributed by atoms with van der Waals surface area (Å²) in [6.07, 6.45) is 2.04. The van der Waals surface area contributed by atoms with E-state index >= 15 is 0 Å². The number of hydrogen-bond acceptors (Lipinski definition) is 6. The Morgan fingerprint density at radius 1 is 1.03 bits per heavy atom. The van der Waals surface area contributed by atoms with E-state index in [1.54, 1.807) is 11.8 Å².